The second kappa shape index (κ2) is 20.6. The van der Waals surface area contributed by atoms with Crippen LogP contribution in [0, 0.1) is 27.7 Å². The number of aromatic nitrogens is 2. The van der Waals surface area contributed by atoms with Crippen LogP contribution in [0.2, 0.25) is 0 Å². The topological polar surface area (TPSA) is 123 Å². The summed E-state index contributed by atoms with van der Waals surface area (Å²) in [5.74, 6) is -3.86. The van der Waals surface area contributed by atoms with E-state index in [1.165, 1.54) is 22.7 Å². The van der Waals surface area contributed by atoms with E-state index in [1.807, 2.05) is 57.3 Å². The molecule has 5 rings (SSSR count). The summed E-state index contributed by atoms with van der Waals surface area (Å²) in [5, 5.41) is 16.8. The number of hydrogen-bond donors (Lipinski definition) is 2. The van der Waals surface area contributed by atoms with Gasteiger partial charge in [-0.15, -0.1) is 35.1 Å². The first-order valence-electron chi connectivity index (χ1n) is 18.1. The number of rotatable bonds is 13. The summed E-state index contributed by atoms with van der Waals surface area (Å²) in [6.45, 7) is 14.1. The molecule has 10 nitrogen and oxygen atoms in total. The fourth-order valence-corrected chi connectivity index (χ4v) is 7.21. The highest BCUT2D eigenvalue weighted by molar-refractivity contribution is 7.10. The predicted molar refractivity (Wildman–Crippen MR) is 223 cm³/mol. The largest absolute Gasteiger partial charge is 0.476 e. The smallest absolute Gasteiger partial charge is 0.355 e. The van der Waals surface area contributed by atoms with Gasteiger partial charge in [-0.05, 0) is 99.9 Å². The summed E-state index contributed by atoms with van der Waals surface area (Å²) in [6.07, 6.45) is 5.21. The van der Waals surface area contributed by atoms with Crippen molar-refractivity contribution in [3.05, 3.63) is 89.8 Å². The predicted octanol–water partition coefficient (Wildman–Crippen LogP) is 9.35. The Hall–Kier alpha value is -4.27. The molecule has 2 aromatic heterocycles. The number of benzene rings is 2. The SMILES string of the molecule is CCN(C)C=Nc1cc(C)c(Cc2nc(C(=O)NC3CCC(F)(F)CC3)cs2)cc1C.CCN(C)C=Nc1cc(C)c(Cc2nc(C(=O)O)cs2)cc1C.Cl. The van der Waals surface area contributed by atoms with E-state index in [0.29, 0.717) is 31.4 Å². The lowest BCUT2D eigenvalue weighted by Crippen LogP contribution is -2.40. The number of thiazole rings is 2. The second-order valence-electron chi connectivity index (χ2n) is 13.8. The molecule has 1 aliphatic rings. The highest BCUT2D eigenvalue weighted by atomic mass is 35.5. The van der Waals surface area contributed by atoms with Crippen molar-refractivity contribution in [2.75, 3.05) is 27.2 Å². The summed E-state index contributed by atoms with van der Waals surface area (Å²) < 4.78 is 26.6. The molecule has 0 atom stereocenters. The molecule has 0 unspecified atom stereocenters. The zero-order chi connectivity index (χ0) is 39.6. The van der Waals surface area contributed by atoms with Crippen molar-refractivity contribution in [2.45, 2.75) is 92.0 Å². The molecule has 0 saturated heterocycles. The number of nitrogens with one attached hydrogen (secondary N) is 1. The minimum Gasteiger partial charge on any atom is -0.476 e. The molecule has 1 saturated carbocycles. The molecular weight excluding hydrogens is 764 g/mol. The zero-order valence-corrected chi connectivity index (χ0v) is 35.2. The van der Waals surface area contributed by atoms with E-state index >= 15 is 0 Å². The highest BCUT2D eigenvalue weighted by Gasteiger charge is 2.35. The Bertz CT molecular complexity index is 1970. The van der Waals surface area contributed by atoms with Crippen LogP contribution in [0.3, 0.4) is 0 Å². The van der Waals surface area contributed by atoms with Crippen LogP contribution < -0.4 is 5.32 Å². The average Bonchev–Trinajstić information content (AvgIpc) is 3.81. The van der Waals surface area contributed by atoms with Crippen molar-refractivity contribution >= 4 is 71.0 Å². The molecule has 15 heteroatoms. The number of carbonyl (C=O) groups excluding carboxylic acids is 1. The van der Waals surface area contributed by atoms with Crippen LogP contribution in [0.5, 0.6) is 0 Å². The Labute approximate surface area is 337 Å². The average molecular weight is 816 g/mol. The van der Waals surface area contributed by atoms with Crippen LogP contribution in [0.4, 0.5) is 20.2 Å². The highest BCUT2D eigenvalue weighted by Crippen LogP contribution is 2.33. The van der Waals surface area contributed by atoms with Crippen molar-refractivity contribution in [3.63, 3.8) is 0 Å². The standard InChI is InChI=1S/C23H30F2N4OS.C17H21N3O2S.ClH/c1-5-29(4)14-26-19-11-15(2)17(10-16(19)3)12-21-28-20(13-31-21)22(30)27-18-6-8-23(24,25)9-7-18;1-5-20(4)10-18-14-7-11(2)13(6-12(14)3)8-16-19-15(9-23-16)17(21)22;/h10-11,13-14,18H,5-9,12H2,1-4H3,(H,27,30);6-7,9-10H,5,8H2,1-4H3,(H,21,22);1H. The van der Waals surface area contributed by atoms with E-state index < -0.39 is 11.9 Å². The summed E-state index contributed by atoms with van der Waals surface area (Å²) in [7, 11) is 3.97. The molecule has 4 aromatic rings. The third-order valence-electron chi connectivity index (χ3n) is 9.39. The van der Waals surface area contributed by atoms with Gasteiger partial charge in [-0.25, -0.2) is 33.5 Å². The number of aromatic carboxylic acids is 1. The minimum absolute atomic E-state index is 0. The van der Waals surface area contributed by atoms with Gasteiger partial charge < -0.3 is 20.2 Å². The molecule has 2 N–H and O–H groups in total. The van der Waals surface area contributed by atoms with Gasteiger partial charge >= 0.3 is 5.97 Å². The quantitative estimate of drug-likeness (QED) is 0.102. The monoisotopic (exact) mass is 815 g/mol. The number of hydrogen-bond acceptors (Lipinski definition) is 8. The first kappa shape index (κ1) is 45.1. The number of halogens is 3. The molecule has 1 amide bonds. The van der Waals surface area contributed by atoms with E-state index in [9.17, 15) is 18.4 Å². The Kier molecular flexibility index (Phi) is 16.9. The molecule has 55 heavy (non-hydrogen) atoms. The fourth-order valence-electron chi connectivity index (χ4n) is 5.62. The molecule has 1 fully saturated rings. The second-order valence-corrected chi connectivity index (χ2v) is 15.7. The van der Waals surface area contributed by atoms with E-state index in [1.54, 1.807) is 10.8 Å². The zero-order valence-electron chi connectivity index (χ0n) is 32.8. The summed E-state index contributed by atoms with van der Waals surface area (Å²) in [6, 6.07) is 8.16. The molecule has 2 heterocycles. The minimum atomic E-state index is -2.60. The van der Waals surface area contributed by atoms with Gasteiger partial charge in [0.25, 0.3) is 5.91 Å². The molecule has 2 aromatic carbocycles. The van der Waals surface area contributed by atoms with Gasteiger partial charge in [0.1, 0.15) is 5.69 Å². The van der Waals surface area contributed by atoms with Crippen LogP contribution >= 0.6 is 35.1 Å². The third kappa shape index (κ3) is 13.5. The first-order valence-corrected chi connectivity index (χ1v) is 19.8. The number of aliphatic imine (C=N–C) groups is 2. The summed E-state index contributed by atoms with van der Waals surface area (Å²) in [5.41, 5.74) is 9.11. The van der Waals surface area contributed by atoms with Gasteiger partial charge in [-0.1, -0.05) is 12.1 Å². The van der Waals surface area contributed by atoms with Crippen molar-refractivity contribution in [1.29, 1.82) is 0 Å². The van der Waals surface area contributed by atoms with Crippen LogP contribution in [0.1, 0.15) is 104 Å². The van der Waals surface area contributed by atoms with E-state index in [2.05, 4.69) is 70.3 Å². The van der Waals surface area contributed by atoms with Gasteiger partial charge in [0.05, 0.1) is 34.1 Å². The van der Waals surface area contributed by atoms with Gasteiger partial charge in [0, 0.05) is 69.7 Å². The number of carboxylic acid groups (broad SMARTS) is 1. The van der Waals surface area contributed by atoms with E-state index in [0.717, 1.165) is 67.9 Å². The van der Waals surface area contributed by atoms with Gasteiger partial charge in [0.2, 0.25) is 5.92 Å². The lowest BCUT2D eigenvalue weighted by Gasteiger charge is -2.28. The number of carboxylic acids is 1. The van der Waals surface area contributed by atoms with E-state index in [-0.39, 0.29) is 42.9 Å². The van der Waals surface area contributed by atoms with Crippen molar-refractivity contribution in [2.24, 2.45) is 9.98 Å². The summed E-state index contributed by atoms with van der Waals surface area (Å²) >= 11 is 2.82. The van der Waals surface area contributed by atoms with Gasteiger partial charge in [-0.2, -0.15) is 0 Å². The molecule has 298 valence electrons. The fraction of sp³-hybridized carbons (Fsp3) is 0.450. The number of aryl methyl sites for hydroxylation is 4. The normalized spacial score (nSPS) is 14.0. The maximum absolute atomic E-state index is 13.3. The number of nitrogens with zero attached hydrogens (tertiary/aromatic N) is 6. The van der Waals surface area contributed by atoms with Gasteiger partial charge in [0.15, 0.2) is 5.69 Å². The Morgan fingerprint density at radius 1 is 0.818 bits per heavy atom. The maximum atomic E-state index is 13.3. The molecule has 1 aliphatic carbocycles. The van der Waals surface area contributed by atoms with Crippen LogP contribution in [0.15, 0.2) is 45.0 Å². The Balaban J connectivity index is 0.000000303. The van der Waals surface area contributed by atoms with E-state index in [4.69, 9.17) is 5.11 Å². The Morgan fingerprint density at radius 3 is 1.67 bits per heavy atom. The van der Waals surface area contributed by atoms with Crippen molar-refractivity contribution in [1.82, 2.24) is 25.1 Å². The van der Waals surface area contributed by atoms with Gasteiger partial charge in [-0.3, -0.25) is 4.79 Å². The first-order chi connectivity index (χ1) is 25.6. The molecule has 0 aliphatic heterocycles. The lowest BCUT2D eigenvalue weighted by atomic mass is 9.92. The molecule has 0 spiro atoms. The number of alkyl halides is 2. The number of carbonyl (C=O) groups is 2. The van der Waals surface area contributed by atoms with Crippen LogP contribution in [-0.2, 0) is 12.8 Å². The molecule has 0 radical (unpaired) electrons. The molecular formula is C40H52ClF2N7O3S2. The van der Waals surface area contributed by atoms with Crippen LogP contribution in [0.25, 0.3) is 0 Å². The molecule has 0 bridgehead atoms. The number of amides is 1. The third-order valence-corrected chi connectivity index (χ3v) is 11.1. The summed E-state index contributed by atoms with van der Waals surface area (Å²) in [4.78, 5) is 45.2. The van der Waals surface area contributed by atoms with Crippen LogP contribution in [-0.4, -0.2) is 88.6 Å². The lowest BCUT2D eigenvalue weighted by molar-refractivity contribution is -0.0399. The van der Waals surface area contributed by atoms with Crippen molar-refractivity contribution in [3.8, 4) is 0 Å². The van der Waals surface area contributed by atoms with Crippen molar-refractivity contribution < 1.29 is 23.5 Å². The Morgan fingerprint density at radius 2 is 1.25 bits per heavy atom. The maximum Gasteiger partial charge on any atom is 0.355 e.